The molecule has 0 spiro atoms. The van der Waals surface area contributed by atoms with E-state index in [1.165, 1.54) is 0 Å². The van der Waals surface area contributed by atoms with Gasteiger partial charge in [0.1, 0.15) is 0 Å². The van der Waals surface area contributed by atoms with Gasteiger partial charge in [0.2, 0.25) is 5.60 Å². The molecule has 0 unspecified atom stereocenters. The van der Waals surface area contributed by atoms with Crippen molar-refractivity contribution < 1.29 is 14.3 Å². The topological polar surface area (TPSA) is 59.3 Å². The Morgan fingerprint density at radius 1 is 1.69 bits per heavy atom. The number of nitriles is 1. The maximum Gasteiger partial charge on any atom is 0.351 e. The van der Waals surface area contributed by atoms with E-state index < -0.39 is 11.6 Å². The molecule has 0 aromatic rings. The van der Waals surface area contributed by atoms with Crippen molar-refractivity contribution in [3.63, 3.8) is 0 Å². The summed E-state index contributed by atoms with van der Waals surface area (Å²) in [5, 5.41) is 8.39. The number of carbonyl (C=O) groups is 1. The lowest BCUT2D eigenvalue weighted by molar-refractivity contribution is -0.156. The van der Waals surface area contributed by atoms with Crippen LogP contribution < -0.4 is 0 Å². The Morgan fingerprint density at radius 3 is 2.77 bits per heavy atom. The summed E-state index contributed by atoms with van der Waals surface area (Å²) < 4.78 is 9.63. The molecule has 1 aliphatic carbocycles. The van der Waals surface area contributed by atoms with Gasteiger partial charge in [0.05, 0.1) is 6.61 Å². The van der Waals surface area contributed by atoms with E-state index in [4.69, 9.17) is 14.7 Å². The Bertz CT molecular complexity index is 246. The van der Waals surface area contributed by atoms with Crippen LogP contribution in [0.4, 0.5) is 0 Å². The molecule has 1 rings (SSSR count). The third kappa shape index (κ3) is 1.59. The van der Waals surface area contributed by atoms with Crippen LogP contribution in [0.2, 0.25) is 0 Å². The lowest BCUT2D eigenvalue weighted by Gasteiger charge is -2.11. The standard InChI is InChI=1S/C9H13NO3/c1-3-7-5-9(7,13-6-10)8(11)12-4-2/h7H,3-5H2,1-2H3/t7-,9-/m1/s1. The number of carbonyl (C=O) groups excluding carboxylic acids is 1. The van der Waals surface area contributed by atoms with Gasteiger partial charge in [-0.3, -0.25) is 0 Å². The fraction of sp³-hybridized carbons (Fsp3) is 0.778. The maximum atomic E-state index is 11.4. The van der Waals surface area contributed by atoms with Gasteiger partial charge in [-0.05, 0) is 13.3 Å². The van der Waals surface area contributed by atoms with Crippen molar-refractivity contribution in [1.29, 1.82) is 5.26 Å². The van der Waals surface area contributed by atoms with E-state index in [-0.39, 0.29) is 5.92 Å². The molecule has 13 heavy (non-hydrogen) atoms. The minimum atomic E-state index is -0.945. The van der Waals surface area contributed by atoms with Crippen LogP contribution in [-0.2, 0) is 14.3 Å². The van der Waals surface area contributed by atoms with E-state index in [2.05, 4.69) is 0 Å². The molecule has 0 amide bonds. The smallest absolute Gasteiger partial charge is 0.351 e. The first kappa shape index (κ1) is 9.85. The second-order valence-corrected chi connectivity index (χ2v) is 3.11. The summed E-state index contributed by atoms with van der Waals surface area (Å²) in [6, 6.07) is 0. The second-order valence-electron chi connectivity index (χ2n) is 3.11. The first-order valence-corrected chi connectivity index (χ1v) is 4.45. The number of ether oxygens (including phenoxy) is 2. The molecule has 0 radical (unpaired) electrons. The lowest BCUT2D eigenvalue weighted by Crippen LogP contribution is -2.29. The van der Waals surface area contributed by atoms with Gasteiger partial charge in [0, 0.05) is 12.3 Å². The van der Waals surface area contributed by atoms with Crippen molar-refractivity contribution >= 4 is 5.97 Å². The summed E-state index contributed by atoms with van der Waals surface area (Å²) in [6.07, 6.45) is 3.01. The zero-order valence-corrected chi connectivity index (χ0v) is 7.87. The number of hydrogen-bond donors (Lipinski definition) is 0. The molecule has 0 aliphatic heterocycles. The van der Waals surface area contributed by atoms with Crippen molar-refractivity contribution in [3.05, 3.63) is 0 Å². The molecular weight excluding hydrogens is 170 g/mol. The Balaban J connectivity index is 2.61. The first-order chi connectivity index (χ1) is 6.21. The zero-order valence-electron chi connectivity index (χ0n) is 7.87. The maximum absolute atomic E-state index is 11.4. The van der Waals surface area contributed by atoms with Crippen LogP contribution in [0.5, 0.6) is 0 Å². The Morgan fingerprint density at radius 2 is 2.38 bits per heavy atom. The molecule has 0 N–H and O–H groups in total. The number of hydrogen-bond acceptors (Lipinski definition) is 4. The average molecular weight is 183 g/mol. The summed E-state index contributed by atoms with van der Waals surface area (Å²) in [7, 11) is 0. The normalized spacial score (nSPS) is 30.4. The van der Waals surface area contributed by atoms with Crippen molar-refractivity contribution in [2.24, 2.45) is 5.92 Å². The highest BCUT2D eigenvalue weighted by atomic mass is 16.6. The van der Waals surface area contributed by atoms with Gasteiger partial charge in [0.15, 0.2) is 0 Å². The van der Waals surface area contributed by atoms with Crippen LogP contribution in [-0.4, -0.2) is 18.2 Å². The van der Waals surface area contributed by atoms with Crippen molar-refractivity contribution in [3.8, 4) is 6.26 Å². The number of nitrogens with zero attached hydrogens (tertiary/aromatic N) is 1. The summed E-state index contributed by atoms with van der Waals surface area (Å²) in [5.41, 5.74) is -0.945. The highest BCUT2D eigenvalue weighted by Crippen LogP contribution is 2.49. The minimum absolute atomic E-state index is 0.145. The first-order valence-electron chi connectivity index (χ1n) is 4.45. The van der Waals surface area contributed by atoms with E-state index >= 15 is 0 Å². The highest BCUT2D eigenvalue weighted by Gasteiger charge is 2.63. The molecule has 0 bridgehead atoms. The average Bonchev–Trinajstić information content (AvgIpc) is 2.81. The second kappa shape index (κ2) is 3.65. The monoisotopic (exact) mass is 183 g/mol. The fourth-order valence-electron chi connectivity index (χ4n) is 1.53. The van der Waals surface area contributed by atoms with E-state index in [1.807, 2.05) is 6.92 Å². The largest absolute Gasteiger partial charge is 0.463 e. The van der Waals surface area contributed by atoms with E-state index in [1.54, 1.807) is 13.2 Å². The van der Waals surface area contributed by atoms with Crippen LogP contribution in [0.25, 0.3) is 0 Å². The quantitative estimate of drug-likeness (QED) is 0.485. The van der Waals surface area contributed by atoms with Gasteiger partial charge in [0.25, 0.3) is 6.26 Å². The Hall–Kier alpha value is -1.24. The molecular formula is C9H13NO3. The van der Waals surface area contributed by atoms with Crippen molar-refractivity contribution in [2.45, 2.75) is 32.3 Å². The lowest BCUT2D eigenvalue weighted by atomic mass is 10.2. The fourth-order valence-corrected chi connectivity index (χ4v) is 1.53. The van der Waals surface area contributed by atoms with Gasteiger partial charge >= 0.3 is 5.97 Å². The van der Waals surface area contributed by atoms with Crippen LogP contribution in [0.3, 0.4) is 0 Å². The number of esters is 1. The predicted molar refractivity (Wildman–Crippen MR) is 44.5 cm³/mol. The SMILES string of the molecule is CCOC(=O)[C@@]1(OC#N)C[C@H]1CC. The number of rotatable bonds is 4. The van der Waals surface area contributed by atoms with E-state index in [0.717, 1.165) is 6.42 Å². The predicted octanol–water partition coefficient (Wildman–Crippen LogP) is 1.22. The van der Waals surface area contributed by atoms with E-state index in [0.29, 0.717) is 13.0 Å². The Labute approximate surface area is 77.4 Å². The minimum Gasteiger partial charge on any atom is -0.463 e. The van der Waals surface area contributed by atoms with Gasteiger partial charge in [-0.15, -0.1) is 0 Å². The third-order valence-electron chi connectivity index (χ3n) is 2.39. The highest BCUT2D eigenvalue weighted by molar-refractivity contribution is 5.83. The molecule has 1 fully saturated rings. The third-order valence-corrected chi connectivity index (χ3v) is 2.39. The summed E-state index contributed by atoms with van der Waals surface area (Å²) >= 11 is 0. The molecule has 2 atom stereocenters. The van der Waals surface area contributed by atoms with Gasteiger partial charge in [-0.2, -0.15) is 5.26 Å². The molecule has 0 aromatic carbocycles. The van der Waals surface area contributed by atoms with Gasteiger partial charge < -0.3 is 9.47 Å². The Kier molecular flexibility index (Phi) is 2.76. The molecule has 0 heterocycles. The van der Waals surface area contributed by atoms with Crippen LogP contribution in [0.1, 0.15) is 26.7 Å². The molecule has 4 heteroatoms. The molecule has 1 aliphatic rings. The van der Waals surface area contributed by atoms with Crippen LogP contribution >= 0.6 is 0 Å². The van der Waals surface area contributed by atoms with Gasteiger partial charge in [-0.1, -0.05) is 6.92 Å². The van der Waals surface area contributed by atoms with Crippen LogP contribution in [0, 0.1) is 17.4 Å². The molecule has 0 aromatic heterocycles. The summed E-state index contributed by atoms with van der Waals surface area (Å²) in [6.45, 7) is 4.03. The summed E-state index contributed by atoms with van der Waals surface area (Å²) in [5.74, 6) is -0.255. The van der Waals surface area contributed by atoms with E-state index in [9.17, 15) is 4.79 Å². The molecule has 4 nitrogen and oxygen atoms in total. The van der Waals surface area contributed by atoms with Gasteiger partial charge in [-0.25, -0.2) is 4.79 Å². The van der Waals surface area contributed by atoms with Crippen molar-refractivity contribution in [1.82, 2.24) is 0 Å². The molecule has 1 saturated carbocycles. The molecule has 0 saturated heterocycles. The summed E-state index contributed by atoms with van der Waals surface area (Å²) in [4.78, 5) is 11.4. The zero-order chi connectivity index (χ0) is 9.90. The van der Waals surface area contributed by atoms with Crippen molar-refractivity contribution in [2.75, 3.05) is 6.61 Å². The molecule has 72 valence electrons. The van der Waals surface area contributed by atoms with Crippen LogP contribution in [0.15, 0.2) is 0 Å².